The van der Waals surface area contributed by atoms with E-state index in [9.17, 15) is 22.0 Å². The van der Waals surface area contributed by atoms with Gasteiger partial charge in [0.25, 0.3) is 0 Å². The van der Waals surface area contributed by atoms with Crippen molar-refractivity contribution in [2.24, 2.45) is 0 Å². The van der Waals surface area contributed by atoms with Gasteiger partial charge in [-0.3, -0.25) is 9.10 Å². The summed E-state index contributed by atoms with van der Waals surface area (Å²) in [6, 6.07) is 9.66. The Labute approximate surface area is 156 Å². The molecule has 0 radical (unpaired) electrons. The fourth-order valence-electron chi connectivity index (χ4n) is 2.40. The quantitative estimate of drug-likeness (QED) is 0.741. The summed E-state index contributed by atoms with van der Waals surface area (Å²) in [7, 11) is -3.99. The van der Waals surface area contributed by atoms with E-state index in [-0.39, 0.29) is 6.42 Å². The Morgan fingerprint density at radius 3 is 2.22 bits per heavy atom. The highest BCUT2D eigenvalue weighted by molar-refractivity contribution is 7.92. The van der Waals surface area contributed by atoms with Crippen LogP contribution in [-0.2, 0) is 14.8 Å². The fraction of sp³-hybridized carbons (Fsp3) is 0.278. The maximum absolute atomic E-state index is 13.9. The molecule has 2 rings (SSSR count). The minimum atomic E-state index is -3.99. The van der Waals surface area contributed by atoms with Crippen LogP contribution in [0.4, 0.5) is 20.2 Å². The van der Waals surface area contributed by atoms with Crippen LogP contribution in [0.2, 0.25) is 0 Å². The monoisotopic (exact) mass is 398 g/mol. The van der Waals surface area contributed by atoms with Crippen molar-refractivity contribution in [1.29, 1.82) is 0 Å². The van der Waals surface area contributed by atoms with E-state index < -0.39 is 39.8 Å². The highest BCUT2D eigenvalue weighted by Gasteiger charge is 2.25. The van der Waals surface area contributed by atoms with Gasteiger partial charge >= 0.3 is 0 Å². The van der Waals surface area contributed by atoms with Crippen molar-refractivity contribution in [2.45, 2.75) is 13.3 Å². The van der Waals surface area contributed by atoms with Gasteiger partial charge in [-0.2, -0.15) is 0 Å². The number of amides is 1. The highest BCUT2D eigenvalue weighted by atomic mass is 32.2. The number of nitrogens with one attached hydrogen (secondary N) is 1. The lowest BCUT2D eigenvalue weighted by molar-refractivity contribution is -0.116. The van der Waals surface area contributed by atoms with Crippen LogP contribution in [0.15, 0.2) is 42.5 Å². The van der Waals surface area contributed by atoms with Crippen LogP contribution in [-0.4, -0.2) is 33.7 Å². The van der Waals surface area contributed by atoms with Gasteiger partial charge < -0.3 is 10.1 Å². The molecule has 27 heavy (non-hydrogen) atoms. The zero-order valence-electron chi connectivity index (χ0n) is 14.9. The molecule has 0 fully saturated rings. The van der Waals surface area contributed by atoms with Crippen LogP contribution < -0.4 is 14.4 Å². The number of rotatable bonds is 8. The third kappa shape index (κ3) is 5.65. The molecule has 2 aromatic carbocycles. The largest absolute Gasteiger partial charge is 0.494 e. The first-order chi connectivity index (χ1) is 12.7. The summed E-state index contributed by atoms with van der Waals surface area (Å²) in [5, 5.41) is 2.60. The van der Waals surface area contributed by atoms with Crippen LogP contribution in [0, 0.1) is 11.6 Å². The van der Waals surface area contributed by atoms with Gasteiger partial charge in [0.1, 0.15) is 11.4 Å². The molecule has 0 bridgehead atoms. The number of sulfonamides is 1. The summed E-state index contributed by atoms with van der Waals surface area (Å²) in [4.78, 5) is 12.1. The van der Waals surface area contributed by atoms with E-state index in [1.54, 1.807) is 24.3 Å². The summed E-state index contributed by atoms with van der Waals surface area (Å²) in [6.07, 6.45) is 0.539. The Bertz CT molecular complexity index is 882. The molecular formula is C18H20F2N2O4S. The maximum Gasteiger partial charge on any atom is 0.232 e. The Balaban J connectivity index is 2.08. The fourth-order valence-corrected chi connectivity index (χ4v) is 3.33. The van der Waals surface area contributed by atoms with Crippen molar-refractivity contribution in [3.8, 4) is 5.75 Å². The van der Waals surface area contributed by atoms with Gasteiger partial charge in [0.15, 0.2) is 11.6 Å². The van der Waals surface area contributed by atoms with Crippen LogP contribution in [0.3, 0.4) is 0 Å². The number of halogens is 2. The molecule has 0 saturated heterocycles. The summed E-state index contributed by atoms with van der Waals surface area (Å²) in [5.74, 6) is -1.89. The number of hydrogen-bond acceptors (Lipinski definition) is 4. The van der Waals surface area contributed by atoms with E-state index in [1.807, 2.05) is 6.92 Å². The van der Waals surface area contributed by atoms with Crippen molar-refractivity contribution in [3.63, 3.8) is 0 Å². The minimum Gasteiger partial charge on any atom is -0.494 e. The Morgan fingerprint density at radius 1 is 1.11 bits per heavy atom. The molecule has 0 spiro atoms. The second-order valence-electron chi connectivity index (χ2n) is 5.66. The van der Waals surface area contributed by atoms with Crippen LogP contribution in [0.1, 0.15) is 13.3 Å². The zero-order valence-corrected chi connectivity index (χ0v) is 15.7. The first-order valence-electron chi connectivity index (χ1n) is 8.16. The number of benzene rings is 2. The lowest BCUT2D eigenvalue weighted by atomic mass is 10.2. The van der Waals surface area contributed by atoms with Crippen molar-refractivity contribution in [2.75, 3.05) is 29.0 Å². The summed E-state index contributed by atoms with van der Waals surface area (Å²) in [6.45, 7) is 1.96. The van der Waals surface area contributed by atoms with E-state index in [0.717, 1.165) is 24.5 Å². The van der Waals surface area contributed by atoms with Gasteiger partial charge in [-0.05, 0) is 43.3 Å². The predicted octanol–water partition coefficient (Wildman–Crippen LogP) is 3.16. The van der Waals surface area contributed by atoms with E-state index in [4.69, 9.17) is 4.74 Å². The summed E-state index contributed by atoms with van der Waals surface area (Å²) >= 11 is 0. The third-order valence-corrected chi connectivity index (χ3v) is 4.74. The van der Waals surface area contributed by atoms with Crippen LogP contribution in [0.5, 0.6) is 5.75 Å². The standard InChI is InChI=1S/C18H20F2N2O4S/c1-3-26-14-9-7-13(8-10-14)21-17(23)11-12-22(27(2,24)25)18-15(19)5-4-6-16(18)20/h4-10H,3,11-12H2,1-2H3,(H,21,23). The lowest BCUT2D eigenvalue weighted by Gasteiger charge is -2.23. The SMILES string of the molecule is CCOc1ccc(NC(=O)CCN(c2c(F)cccc2F)S(C)(=O)=O)cc1. The van der Waals surface area contributed by atoms with Gasteiger partial charge in [-0.15, -0.1) is 0 Å². The van der Waals surface area contributed by atoms with Crippen LogP contribution >= 0.6 is 0 Å². The van der Waals surface area contributed by atoms with Crippen LogP contribution in [0.25, 0.3) is 0 Å². The molecule has 9 heteroatoms. The number of carbonyl (C=O) groups is 1. The average Bonchev–Trinajstić information content (AvgIpc) is 2.58. The smallest absolute Gasteiger partial charge is 0.232 e. The van der Waals surface area contributed by atoms with Crippen molar-refractivity contribution < 1.29 is 26.7 Å². The number of hydrogen-bond donors (Lipinski definition) is 1. The first-order valence-corrected chi connectivity index (χ1v) is 10.0. The Morgan fingerprint density at radius 2 is 1.70 bits per heavy atom. The Kier molecular flexibility index (Phi) is 6.73. The van der Waals surface area contributed by atoms with Gasteiger partial charge in [0.2, 0.25) is 15.9 Å². The van der Waals surface area contributed by atoms with Crippen molar-refractivity contribution in [1.82, 2.24) is 0 Å². The van der Waals surface area contributed by atoms with Crippen molar-refractivity contribution in [3.05, 3.63) is 54.1 Å². The lowest BCUT2D eigenvalue weighted by Crippen LogP contribution is -2.34. The second kappa shape index (κ2) is 8.81. The predicted molar refractivity (Wildman–Crippen MR) is 99.4 cm³/mol. The number of ether oxygens (including phenoxy) is 1. The molecule has 0 heterocycles. The van der Waals surface area contributed by atoms with E-state index in [0.29, 0.717) is 22.3 Å². The number of anilines is 2. The molecule has 0 aliphatic rings. The molecule has 146 valence electrons. The number of carbonyl (C=O) groups excluding carboxylic acids is 1. The van der Waals surface area contributed by atoms with Gasteiger partial charge in [0.05, 0.1) is 12.9 Å². The van der Waals surface area contributed by atoms with Gasteiger partial charge in [-0.1, -0.05) is 6.07 Å². The third-order valence-electron chi connectivity index (χ3n) is 3.58. The molecule has 2 aromatic rings. The van der Waals surface area contributed by atoms with E-state index in [1.165, 1.54) is 0 Å². The zero-order chi connectivity index (χ0) is 20.0. The van der Waals surface area contributed by atoms with Gasteiger partial charge in [-0.25, -0.2) is 17.2 Å². The molecule has 0 aliphatic heterocycles. The van der Waals surface area contributed by atoms with Gasteiger partial charge in [0, 0.05) is 18.7 Å². The molecular weight excluding hydrogens is 378 g/mol. The number of nitrogens with zero attached hydrogens (tertiary/aromatic N) is 1. The van der Waals surface area contributed by atoms with Crippen molar-refractivity contribution >= 4 is 27.3 Å². The van der Waals surface area contributed by atoms with E-state index >= 15 is 0 Å². The molecule has 6 nitrogen and oxygen atoms in total. The highest BCUT2D eigenvalue weighted by Crippen LogP contribution is 2.25. The molecule has 0 unspecified atom stereocenters. The second-order valence-corrected chi connectivity index (χ2v) is 7.57. The number of para-hydroxylation sites is 1. The molecule has 1 amide bonds. The first kappa shape index (κ1) is 20.6. The molecule has 0 aliphatic carbocycles. The summed E-state index contributed by atoms with van der Waals surface area (Å²) in [5.41, 5.74) is -0.208. The average molecular weight is 398 g/mol. The Hall–Kier alpha value is -2.68. The molecule has 1 N–H and O–H groups in total. The topological polar surface area (TPSA) is 75.7 Å². The normalized spacial score (nSPS) is 11.1. The molecule has 0 saturated carbocycles. The summed E-state index contributed by atoms with van der Waals surface area (Å²) < 4.78 is 57.6. The molecule has 0 aromatic heterocycles. The minimum absolute atomic E-state index is 0.284. The maximum atomic E-state index is 13.9. The van der Waals surface area contributed by atoms with E-state index in [2.05, 4.69) is 5.32 Å². The molecule has 0 atom stereocenters.